The largest absolute Gasteiger partial charge is 0.397 e. The lowest BCUT2D eigenvalue weighted by Gasteiger charge is -2.27. The molecule has 3 aromatic carbocycles. The zero-order valence-electron chi connectivity index (χ0n) is 19.1. The van der Waals surface area contributed by atoms with E-state index in [4.69, 9.17) is 22.9 Å². The fourth-order valence-corrected chi connectivity index (χ4v) is 4.56. The van der Waals surface area contributed by atoms with Crippen LogP contribution in [0.3, 0.4) is 0 Å². The normalized spacial score (nSPS) is 11.6. The zero-order chi connectivity index (χ0) is 27.9. The summed E-state index contributed by atoms with van der Waals surface area (Å²) >= 11 is 0. The summed E-state index contributed by atoms with van der Waals surface area (Å²) in [5.74, 6) is 0. The highest BCUT2D eigenvalue weighted by Crippen LogP contribution is 2.38. The van der Waals surface area contributed by atoms with Crippen LogP contribution < -0.4 is 32.7 Å². The molecule has 0 fully saturated rings. The van der Waals surface area contributed by atoms with Crippen molar-refractivity contribution in [3.8, 4) is 0 Å². The lowest BCUT2D eigenvalue weighted by atomic mass is 10.1. The SMILES string of the molecule is Cc1ccc(N(C(N)=O)c2ccc(S(=O)(=O)O)cc2N)cc1N(C(N)=O)c1ccc(S(=O)(=O)O)cc1N. The molecule has 0 unspecified atom stereocenters. The lowest BCUT2D eigenvalue weighted by Crippen LogP contribution is -2.34. The van der Waals surface area contributed by atoms with Crippen molar-refractivity contribution in [2.75, 3.05) is 21.3 Å². The number of nitrogen functional groups attached to an aromatic ring is 2. The summed E-state index contributed by atoms with van der Waals surface area (Å²) in [7, 11) is -9.14. The van der Waals surface area contributed by atoms with E-state index >= 15 is 0 Å². The number of hydrogen-bond acceptors (Lipinski definition) is 8. The predicted octanol–water partition coefficient (Wildman–Crippen LogP) is 2.09. The van der Waals surface area contributed by atoms with Gasteiger partial charge < -0.3 is 22.9 Å². The van der Waals surface area contributed by atoms with Crippen LogP contribution in [0, 0.1) is 6.92 Å². The van der Waals surface area contributed by atoms with Gasteiger partial charge in [0.2, 0.25) is 0 Å². The van der Waals surface area contributed by atoms with Crippen LogP contribution in [0.5, 0.6) is 0 Å². The van der Waals surface area contributed by atoms with Crippen LogP contribution in [0.2, 0.25) is 0 Å². The number of urea groups is 2. The van der Waals surface area contributed by atoms with Crippen molar-refractivity contribution in [2.45, 2.75) is 16.7 Å². The third-order valence-corrected chi connectivity index (χ3v) is 6.91. The van der Waals surface area contributed by atoms with Gasteiger partial charge in [-0.15, -0.1) is 0 Å². The van der Waals surface area contributed by atoms with Crippen LogP contribution in [-0.4, -0.2) is 38.0 Å². The average Bonchev–Trinajstić information content (AvgIpc) is 2.76. The Kier molecular flexibility index (Phi) is 7.05. The molecule has 14 nitrogen and oxygen atoms in total. The Bertz CT molecular complexity index is 1640. The molecule has 4 amide bonds. The van der Waals surface area contributed by atoms with Gasteiger partial charge in [-0.05, 0) is 61.0 Å². The number of carbonyl (C=O) groups is 2. The number of anilines is 6. The molecule has 3 aromatic rings. The van der Waals surface area contributed by atoms with Crippen molar-refractivity contribution >= 4 is 66.4 Å². The molecular formula is C21H22N6O8S2. The number of aryl methyl sites for hydroxylation is 1. The van der Waals surface area contributed by atoms with Crippen molar-refractivity contribution in [2.24, 2.45) is 11.5 Å². The van der Waals surface area contributed by atoms with Gasteiger partial charge >= 0.3 is 12.1 Å². The van der Waals surface area contributed by atoms with E-state index in [1.165, 1.54) is 18.2 Å². The van der Waals surface area contributed by atoms with Gasteiger partial charge in [0.05, 0.1) is 43.9 Å². The molecule has 0 aliphatic carbocycles. The Morgan fingerprint density at radius 1 is 0.676 bits per heavy atom. The van der Waals surface area contributed by atoms with E-state index in [1.54, 1.807) is 6.92 Å². The second-order valence-corrected chi connectivity index (χ2v) is 10.6. The van der Waals surface area contributed by atoms with Gasteiger partial charge in [0.25, 0.3) is 20.2 Å². The molecule has 0 saturated carbocycles. The van der Waals surface area contributed by atoms with Crippen molar-refractivity contribution in [3.63, 3.8) is 0 Å². The number of rotatable bonds is 6. The van der Waals surface area contributed by atoms with Crippen molar-refractivity contribution < 1.29 is 35.5 Å². The summed E-state index contributed by atoms with van der Waals surface area (Å²) in [4.78, 5) is 25.7. The topological polar surface area (TPSA) is 253 Å². The number of nitrogens with two attached hydrogens (primary N) is 4. The molecule has 0 bridgehead atoms. The molecule has 0 atom stereocenters. The number of hydrogen-bond donors (Lipinski definition) is 6. The molecule has 0 radical (unpaired) electrons. The number of amides is 4. The van der Waals surface area contributed by atoms with Gasteiger partial charge in [0, 0.05) is 0 Å². The zero-order valence-corrected chi connectivity index (χ0v) is 20.7. The first-order valence-electron chi connectivity index (χ1n) is 10.1. The maximum Gasteiger partial charge on any atom is 0.323 e. The van der Waals surface area contributed by atoms with Gasteiger partial charge in [-0.3, -0.25) is 18.9 Å². The summed E-state index contributed by atoms with van der Waals surface area (Å²) in [5.41, 5.74) is 23.2. The van der Waals surface area contributed by atoms with E-state index in [0.717, 1.165) is 46.2 Å². The summed E-state index contributed by atoms with van der Waals surface area (Å²) in [5, 5.41) is 0. The van der Waals surface area contributed by atoms with Crippen LogP contribution >= 0.6 is 0 Å². The monoisotopic (exact) mass is 550 g/mol. The molecule has 10 N–H and O–H groups in total. The summed E-state index contributed by atoms with van der Waals surface area (Å²) in [6.07, 6.45) is 0. The third-order valence-electron chi connectivity index (χ3n) is 5.21. The highest BCUT2D eigenvalue weighted by atomic mass is 32.2. The molecule has 16 heteroatoms. The van der Waals surface area contributed by atoms with Gasteiger partial charge in [0.15, 0.2) is 0 Å². The molecule has 0 heterocycles. The highest BCUT2D eigenvalue weighted by molar-refractivity contribution is 7.86. The molecule has 0 spiro atoms. The Labute approximate surface area is 211 Å². The van der Waals surface area contributed by atoms with Gasteiger partial charge in [-0.1, -0.05) is 6.07 Å². The number of nitrogens with zero attached hydrogens (tertiary/aromatic N) is 2. The number of carbonyl (C=O) groups excluding carboxylic acids is 2. The second-order valence-electron chi connectivity index (χ2n) is 7.71. The maximum atomic E-state index is 12.5. The summed E-state index contributed by atoms with van der Waals surface area (Å²) in [6, 6.07) is 8.49. The predicted molar refractivity (Wildman–Crippen MR) is 136 cm³/mol. The molecule has 0 saturated heterocycles. The Balaban J connectivity index is 2.19. The van der Waals surface area contributed by atoms with E-state index in [1.807, 2.05) is 0 Å². The number of primary amides is 2. The summed E-state index contributed by atoms with van der Waals surface area (Å²) in [6.45, 7) is 1.61. The maximum absolute atomic E-state index is 12.5. The van der Waals surface area contributed by atoms with Crippen molar-refractivity contribution in [1.29, 1.82) is 0 Å². The van der Waals surface area contributed by atoms with E-state index in [-0.39, 0.29) is 34.1 Å². The Hall–Kier alpha value is -4.38. The molecule has 0 aliphatic heterocycles. The minimum atomic E-state index is -4.57. The highest BCUT2D eigenvalue weighted by Gasteiger charge is 2.25. The van der Waals surface area contributed by atoms with Crippen molar-refractivity contribution in [3.05, 3.63) is 60.2 Å². The molecule has 196 valence electrons. The first kappa shape index (κ1) is 27.2. The summed E-state index contributed by atoms with van der Waals surface area (Å²) < 4.78 is 64.2. The number of benzene rings is 3. The van der Waals surface area contributed by atoms with Crippen LogP contribution in [0.25, 0.3) is 0 Å². The molecular weight excluding hydrogens is 528 g/mol. The van der Waals surface area contributed by atoms with Crippen LogP contribution in [0.4, 0.5) is 43.7 Å². The van der Waals surface area contributed by atoms with E-state index in [0.29, 0.717) is 5.56 Å². The molecule has 37 heavy (non-hydrogen) atoms. The first-order chi connectivity index (χ1) is 17.0. The van der Waals surface area contributed by atoms with Crippen LogP contribution in [-0.2, 0) is 20.2 Å². The standard InChI is InChI=1S/C21H22N6O8S2/c1-11-2-3-12(26(20(24)28)17-6-4-13(9-15(17)22)36(30,31)32)8-19(11)27(21(25)29)18-7-5-14(10-16(18)23)37(33,34)35/h2-10H,22-23H2,1H3,(H2,24,28)(H2,25,29)(H,30,31,32)(H,33,34,35). The molecule has 0 aliphatic rings. The van der Waals surface area contributed by atoms with Crippen LogP contribution in [0.15, 0.2) is 64.4 Å². The minimum absolute atomic E-state index is 0.0252. The van der Waals surface area contributed by atoms with E-state index in [9.17, 15) is 35.5 Å². The van der Waals surface area contributed by atoms with Crippen LogP contribution in [0.1, 0.15) is 5.56 Å². The fourth-order valence-electron chi connectivity index (χ4n) is 3.52. The lowest BCUT2D eigenvalue weighted by molar-refractivity contribution is 0.255. The molecule has 0 aromatic heterocycles. The molecule has 3 rings (SSSR count). The first-order valence-corrected chi connectivity index (χ1v) is 12.9. The Morgan fingerprint density at radius 2 is 1.11 bits per heavy atom. The smallest absolute Gasteiger partial charge is 0.323 e. The second kappa shape index (κ2) is 9.58. The van der Waals surface area contributed by atoms with Gasteiger partial charge in [-0.25, -0.2) is 9.59 Å². The third kappa shape index (κ3) is 5.56. The van der Waals surface area contributed by atoms with Crippen molar-refractivity contribution in [1.82, 2.24) is 0 Å². The van der Waals surface area contributed by atoms with Gasteiger partial charge in [0.1, 0.15) is 0 Å². The average molecular weight is 551 g/mol. The van der Waals surface area contributed by atoms with E-state index in [2.05, 4.69) is 0 Å². The van der Waals surface area contributed by atoms with E-state index < -0.39 is 42.1 Å². The minimum Gasteiger partial charge on any atom is -0.397 e. The fraction of sp³-hybridized carbons (Fsp3) is 0.0476. The van der Waals surface area contributed by atoms with Gasteiger partial charge in [-0.2, -0.15) is 16.8 Å². The quantitative estimate of drug-likeness (QED) is 0.192. The Morgan fingerprint density at radius 3 is 1.49 bits per heavy atom.